The van der Waals surface area contributed by atoms with Crippen molar-refractivity contribution in [3.63, 3.8) is 0 Å². The third-order valence-electron chi connectivity index (χ3n) is 5.93. The Kier molecular flexibility index (Phi) is 6.21. The number of carbonyl (C=O) groups is 2. The van der Waals surface area contributed by atoms with Crippen LogP contribution in [0.15, 0.2) is 42.7 Å². The maximum atomic E-state index is 12.5. The van der Waals surface area contributed by atoms with Crippen molar-refractivity contribution in [2.24, 2.45) is 0 Å². The molecule has 1 fully saturated rings. The molecule has 1 aliphatic rings. The second kappa shape index (κ2) is 9.20. The number of urea groups is 1. The molecule has 31 heavy (non-hydrogen) atoms. The van der Waals surface area contributed by atoms with Crippen molar-refractivity contribution >= 4 is 28.7 Å². The van der Waals surface area contributed by atoms with E-state index in [1.54, 1.807) is 6.33 Å². The predicted octanol–water partition coefficient (Wildman–Crippen LogP) is 4.15. The minimum Gasteiger partial charge on any atom is -0.349 e. The third-order valence-corrected chi connectivity index (χ3v) is 5.93. The molecule has 3 amide bonds. The van der Waals surface area contributed by atoms with Crippen molar-refractivity contribution in [2.45, 2.75) is 52.1 Å². The van der Waals surface area contributed by atoms with Gasteiger partial charge in [-0.05, 0) is 56.0 Å². The summed E-state index contributed by atoms with van der Waals surface area (Å²) in [4.78, 5) is 29.2. The van der Waals surface area contributed by atoms with Crippen molar-refractivity contribution in [2.75, 3.05) is 11.9 Å². The van der Waals surface area contributed by atoms with Gasteiger partial charge >= 0.3 is 6.03 Å². The average molecular weight is 420 g/mol. The van der Waals surface area contributed by atoms with Gasteiger partial charge in [-0.15, -0.1) is 0 Å². The molecule has 162 valence electrons. The number of anilines is 1. The average Bonchev–Trinajstić information content (AvgIpc) is 3.40. The van der Waals surface area contributed by atoms with Crippen molar-refractivity contribution < 1.29 is 9.59 Å². The number of hydrogen-bond donors (Lipinski definition) is 3. The summed E-state index contributed by atoms with van der Waals surface area (Å²) >= 11 is 0. The van der Waals surface area contributed by atoms with E-state index in [1.807, 2.05) is 54.8 Å². The van der Waals surface area contributed by atoms with Crippen LogP contribution in [0.4, 0.5) is 10.5 Å². The first-order valence-electron chi connectivity index (χ1n) is 10.9. The number of aryl methyl sites for hydroxylation is 2. The molecule has 1 aliphatic carbocycles. The Morgan fingerprint density at radius 1 is 1.10 bits per heavy atom. The summed E-state index contributed by atoms with van der Waals surface area (Å²) < 4.78 is 1.98. The number of carbonyl (C=O) groups excluding carboxylic acids is 2. The van der Waals surface area contributed by atoms with Crippen LogP contribution < -0.4 is 16.0 Å². The zero-order chi connectivity index (χ0) is 21.8. The van der Waals surface area contributed by atoms with Gasteiger partial charge in [-0.25, -0.2) is 9.78 Å². The topological polar surface area (TPSA) is 88.1 Å². The van der Waals surface area contributed by atoms with Crippen molar-refractivity contribution in [3.8, 4) is 0 Å². The summed E-state index contributed by atoms with van der Waals surface area (Å²) in [6.45, 7) is 5.00. The number of benzene rings is 2. The number of rotatable bonds is 6. The van der Waals surface area contributed by atoms with E-state index in [-0.39, 0.29) is 11.9 Å². The molecular formula is C24H29N5O2. The molecule has 4 rings (SSSR count). The quantitative estimate of drug-likeness (QED) is 0.561. The lowest BCUT2D eigenvalue weighted by Crippen LogP contribution is -2.32. The molecule has 0 atom stereocenters. The molecule has 1 saturated carbocycles. The van der Waals surface area contributed by atoms with Gasteiger partial charge in [-0.1, -0.05) is 31.0 Å². The van der Waals surface area contributed by atoms with Crippen LogP contribution in [-0.4, -0.2) is 34.1 Å². The number of amides is 3. The van der Waals surface area contributed by atoms with Gasteiger partial charge in [-0.2, -0.15) is 0 Å². The minimum absolute atomic E-state index is 0.0341. The lowest BCUT2D eigenvalue weighted by molar-refractivity contribution is 0.0938. The van der Waals surface area contributed by atoms with Crippen LogP contribution in [0.25, 0.3) is 11.0 Å². The van der Waals surface area contributed by atoms with E-state index < -0.39 is 0 Å². The van der Waals surface area contributed by atoms with Gasteiger partial charge < -0.3 is 20.5 Å². The fourth-order valence-corrected chi connectivity index (χ4v) is 4.18. The molecule has 0 unspecified atom stereocenters. The number of hydrogen-bond acceptors (Lipinski definition) is 3. The summed E-state index contributed by atoms with van der Waals surface area (Å²) in [5.41, 5.74) is 5.26. The van der Waals surface area contributed by atoms with Crippen LogP contribution in [0.3, 0.4) is 0 Å². The first kappa shape index (κ1) is 20.9. The Balaban J connectivity index is 1.33. The second-order valence-electron chi connectivity index (χ2n) is 8.24. The Morgan fingerprint density at radius 3 is 2.58 bits per heavy atom. The molecule has 0 radical (unpaired) electrons. The molecular weight excluding hydrogens is 390 g/mol. The third kappa shape index (κ3) is 4.87. The monoisotopic (exact) mass is 419 g/mol. The molecule has 0 aliphatic heterocycles. The molecule has 3 N–H and O–H groups in total. The fourth-order valence-electron chi connectivity index (χ4n) is 4.18. The smallest absolute Gasteiger partial charge is 0.319 e. The maximum absolute atomic E-state index is 12.5. The van der Waals surface area contributed by atoms with Crippen LogP contribution in [0.1, 0.15) is 47.2 Å². The van der Waals surface area contributed by atoms with Crippen LogP contribution in [0.5, 0.6) is 0 Å². The Bertz CT molecular complexity index is 1080. The molecule has 0 spiro atoms. The highest BCUT2D eigenvalue weighted by Crippen LogP contribution is 2.20. The van der Waals surface area contributed by atoms with E-state index in [0.717, 1.165) is 40.7 Å². The Hall–Kier alpha value is -3.35. The summed E-state index contributed by atoms with van der Waals surface area (Å²) in [5.74, 6) is -0.0341. The SMILES string of the molecule is Cc1cccc(C)c1NC(=O)NCCn1cnc2cc(C(=O)NC3CCCC3)ccc21. The normalized spacial score (nSPS) is 14.0. The van der Waals surface area contributed by atoms with Gasteiger partial charge in [-0.3, -0.25) is 4.79 Å². The summed E-state index contributed by atoms with van der Waals surface area (Å²) in [6, 6.07) is 11.6. The van der Waals surface area contributed by atoms with E-state index in [4.69, 9.17) is 0 Å². The number of nitrogens with one attached hydrogen (secondary N) is 3. The van der Waals surface area contributed by atoms with Crippen LogP contribution >= 0.6 is 0 Å². The first-order chi connectivity index (χ1) is 15.0. The molecule has 7 heteroatoms. The molecule has 0 saturated heterocycles. The maximum Gasteiger partial charge on any atom is 0.319 e. The number of nitrogens with zero attached hydrogens (tertiary/aromatic N) is 2. The summed E-state index contributed by atoms with van der Waals surface area (Å²) in [6.07, 6.45) is 6.24. The minimum atomic E-state index is -0.229. The van der Waals surface area contributed by atoms with Crippen molar-refractivity contribution in [3.05, 3.63) is 59.4 Å². The lowest BCUT2D eigenvalue weighted by Gasteiger charge is -2.13. The van der Waals surface area contributed by atoms with Crippen LogP contribution in [0, 0.1) is 13.8 Å². The second-order valence-corrected chi connectivity index (χ2v) is 8.24. The fraction of sp³-hybridized carbons (Fsp3) is 0.375. The summed E-state index contributed by atoms with van der Waals surface area (Å²) in [5, 5.41) is 8.93. The Morgan fingerprint density at radius 2 is 1.84 bits per heavy atom. The molecule has 1 aromatic heterocycles. The van der Waals surface area contributed by atoms with E-state index in [9.17, 15) is 9.59 Å². The molecule has 1 heterocycles. The highest BCUT2D eigenvalue weighted by atomic mass is 16.2. The van der Waals surface area contributed by atoms with Gasteiger partial charge in [0.05, 0.1) is 17.4 Å². The molecule has 7 nitrogen and oxygen atoms in total. The van der Waals surface area contributed by atoms with Gasteiger partial charge in [0.15, 0.2) is 0 Å². The Labute approximate surface area is 182 Å². The van der Waals surface area contributed by atoms with Crippen LogP contribution in [-0.2, 0) is 6.54 Å². The number of para-hydroxylation sites is 1. The largest absolute Gasteiger partial charge is 0.349 e. The highest BCUT2D eigenvalue weighted by Gasteiger charge is 2.18. The van der Waals surface area contributed by atoms with E-state index in [0.29, 0.717) is 24.7 Å². The van der Waals surface area contributed by atoms with Gasteiger partial charge in [0, 0.05) is 30.4 Å². The van der Waals surface area contributed by atoms with E-state index in [2.05, 4.69) is 20.9 Å². The van der Waals surface area contributed by atoms with Crippen LogP contribution in [0.2, 0.25) is 0 Å². The zero-order valence-electron chi connectivity index (χ0n) is 18.1. The molecule has 0 bridgehead atoms. The predicted molar refractivity (Wildman–Crippen MR) is 122 cm³/mol. The lowest BCUT2D eigenvalue weighted by atomic mass is 10.1. The molecule has 3 aromatic rings. The molecule has 2 aromatic carbocycles. The van der Waals surface area contributed by atoms with Crippen molar-refractivity contribution in [1.29, 1.82) is 0 Å². The van der Waals surface area contributed by atoms with E-state index in [1.165, 1.54) is 12.8 Å². The number of aromatic nitrogens is 2. The van der Waals surface area contributed by atoms with Gasteiger partial charge in [0.25, 0.3) is 5.91 Å². The van der Waals surface area contributed by atoms with E-state index >= 15 is 0 Å². The van der Waals surface area contributed by atoms with Gasteiger partial charge in [0.1, 0.15) is 0 Å². The number of imidazole rings is 1. The van der Waals surface area contributed by atoms with Gasteiger partial charge in [0.2, 0.25) is 0 Å². The standard InChI is InChI=1S/C24H29N5O2/c1-16-6-5-7-17(2)22(16)28-24(31)25-12-13-29-15-26-20-14-18(10-11-21(20)29)23(30)27-19-8-3-4-9-19/h5-7,10-11,14-15,19H,3-4,8-9,12-13H2,1-2H3,(H,27,30)(H2,25,28,31). The van der Waals surface area contributed by atoms with Crippen molar-refractivity contribution in [1.82, 2.24) is 20.2 Å². The zero-order valence-corrected chi connectivity index (χ0v) is 18.1. The highest BCUT2D eigenvalue weighted by molar-refractivity contribution is 5.97. The summed E-state index contributed by atoms with van der Waals surface area (Å²) in [7, 11) is 0. The first-order valence-corrected chi connectivity index (χ1v) is 10.9. The number of fused-ring (bicyclic) bond motifs is 1.